The molecule has 0 radical (unpaired) electrons. The lowest BCUT2D eigenvalue weighted by Crippen LogP contribution is -2.11. The fraction of sp³-hybridized carbons (Fsp3) is 0.417. The quantitative estimate of drug-likeness (QED) is 0.885. The minimum Gasteiger partial charge on any atom is -0.326 e. The summed E-state index contributed by atoms with van der Waals surface area (Å²) in [6, 6.07) is 7.62. The van der Waals surface area contributed by atoms with Crippen LogP contribution in [-0.2, 0) is 4.79 Å². The summed E-state index contributed by atoms with van der Waals surface area (Å²) in [5.41, 5.74) is 0.845. The molecule has 82 valence electrons. The zero-order valence-corrected chi connectivity index (χ0v) is 10.7. The normalized spacial score (nSPS) is 10.4. The molecule has 0 unspecified atom stereocenters. The van der Waals surface area contributed by atoms with Gasteiger partial charge >= 0.3 is 0 Å². The van der Waals surface area contributed by atoms with Crippen molar-refractivity contribution in [2.45, 2.75) is 26.7 Å². The van der Waals surface area contributed by atoms with Gasteiger partial charge in [-0.2, -0.15) is 0 Å². The van der Waals surface area contributed by atoms with Gasteiger partial charge in [0.2, 0.25) is 5.91 Å². The lowest BCUT2D eigenvalue weighted by molar-refractivity contribution is -0.116. The van der Waals surface area contributed by atoms with E-state index in [0.29, 0.717) is 12.3 Å². The number of hydrogen-bond donors (Lipinski definition) is 1. The highest BCUT2D eigenvalue weighted by Crippen LogP contribution is 2.16. The molecule has 2 nitrogen and oxygen atoms in total. The van der Waals surface area contributed by atoms with Crippen molar-refractivity contribution in [1.82, 2.24) is 0 Å². The average Bonchev–Trinajstić information content (AvgIpc) is 2.15. The van der Waals surface area contributed by atoms with E-state index in [0.717, 1.165) is 16.6 Å². The van der Waals surface area contributed by atoms with E-state index in [1.165, 1.54) is 0 Å². The van der Waals surface area contributed by atoms with Crippen LogP contribution in [0.25, 0.3) is 0 Å². The molecule has 15 heavy (non-hydrogen) atoms. The van der Waals surface area contributed by atoms with E-state index in [4.69, 9.17) is 0 Å². The first-order valence-electron chi connectivity index (χ1n) is 5.13. The number of hydrogen-bond acceptors (Lipinski definition) is 1. The predicted octanol–water partition coefficient (Wildman–Crippen LogP) is 3.82. The number of anilines is 1. The van der Waals surface area contributed by atoms with Crippen LogP contribution < -0.4 is 5.32 Å². The molecule has 0 saturated heterocycles. The molecule has 0 aliphatic heterocycles. The molecule has 0 aliphatic carbocycles. The van der Waals surface area contributed by atoms with Crippen molar-refractivity contribution in [1.29, 1.82) is 0 Å². The average molecular weight is 270 g/mol. The first-order chi connectivity index (χ1) is 7.08. The van der Waals surface area contributed by atoms with Crippen LogP contribution in [-0.4, -0.2) is 5.91 Å². The molecular weight excluding hydrogens is 254 g/mol. The summed E-state index contributed by atoms with van der Waals surface area (Å²) in [7, 11) is 0. The van der Waals surface area contributed by atoms with Gasteiger partial charge in [0, 0.05) is 16.6 Å². The molecule has 1 N–H and O–H groups in total. The van der Waals surface area contributed by atoms with E-state index >= 15 is 0 Å². The Balaban J connectivity index is 2.44. The van der Waals surface area contributed by atoms with Crippen molar-refractivity contribution < 1.29 is 4.79 Å². The van der Waals surface area contributed by atoms with Crippen LogP contribution >= 0.6 is 15.9 Å². The summed E-state index contributed by atoms with van der Waals surface area (Å²) in [6.07, 6.45) is 1.52. The van der Waals surface area contributed by atoms with E-state index in [1.54, 1.807) is 0 Å². The van der Waals surface area contributed by atoms with Crippen molar-refractivity contribution in [2.75, 3.05) is 5.32 Å². The van der Waals surface area contributed by atoms with E-state index in [2.05, 4.69) is 35.1 Å². The van der Waals surface area contributed by atoms with Gasteiger partial charge in [-0.3, -0.25) is 4.79 Å². The minimum absolute atomic E-state index is 0.0850. The number of rotatable bonds is 4. The Bertz CT molecular complexity index is 336. The molecule has 0 bridgehead atoms. The molecule has 1 aromatic carbocycles. The summed E-state index contributed by atoms with van der Waals surface area (Å²) in [4.78, 5) is 11.5. The fourth-order valence-corrected chi connectivity index (χ4v) is 1.61. The van der Waals surface area contributed by atoms with E-state index in [1.807, 2.05) is 24.3 Å². The molecular formula is C12H16BrNO. The zero-order chi connectivity index (χ0) is 11.3. The smallest absolute Gasteiger partial charge is 0.224 e. The Labute approximate surface area is 99.2 Å². The van der Waals surface area contributed by atoms with Gasteiger partial charge in [-0.1, -0.05) is 35.8 Å². The van der Waals surface area contributed by atoms with Crippen LogP contribution in [0.1, 0.15) is 26.7 Å². The topological polar surface area (TPSA) is 29.1 Å². The second-order valence-corrected chi connectivity index (χ2v) is 4.91. The maximum Gasteiger partial charge on any atom is 0.224 e. The third kappa shape index (κ3) is 4.98. The van der Waals surface area contributed by atoms with E-state index < -0.39 is 0 Å². The number of amides is 1. The van der Waals surface area contributed by atoms with Gasteiger partial charge in [-0.15, -0.1) is 0 Å². The van der Waals surface area contributed by atoms with Crippen LogP contribution in [0.5, 0.6) is 0 Å². The molecule has 1 amide bonds. The SMILES string of the molecule is CC(C)CCC(=O)Nc1cccc(Br)c1. The fourth-order valence-electron chi connectivity index (χ4n) is 1.21. The Hall–Kier alpha value is -0.830. The maximum absolute atomic E-state index is 11.5. The monoisotopic (exact) mass is 269 g/mol. The molecule has 1 aromatic rings. The highest BCUT2D eigenvalue weighted by molar-refractivity contribution is 9.10. The van der Waals surface area contributed by atoms with Gasteiger partial charge in [0.1, 0.15) is 0 Å². The summed E-state index contributed by atoms with van der Waals surface area (Å²) in [6.45, 7) is 4.23. The number of carbonyl (C=O) groups excluding carboxylic acids is 1. The standard InChI is InChI=1S/C12H16BrNO/c1-9(2)6-7-12(15)14-11-5-3-4-10(13)8-11/h3-5,8-9H,6-7H2,1-2H3,(H,14,15). The van der Waals surface area contributed by atoms with Gasteiger partial charge < -0.3 is 5.32 Å². The van der Waals surface area contributed by atoms with Gasteiger partial charge in [0.15, 0.2) is 0 Å². The first-order valence-corrected chi connectivity index (χ1v) is 5.92. The molecule has 0 spiro atoms. The highest BCUT2D eigenvalue weighted by Gasteiger charge is 2.03. The Morgan fingerprint density at radius 3 is 2.80 bits per heavy atom. The molecule has 0 heterocycles. The summed E-state index contributed by atoms with van der Waals surface area (Å²) in [5.74, 6) is 0.653. The number of carbonyl (C=O) groups is 1. The molecule has 0 fully saturated rings. The summed E-state index contributed by atoms with van der Waals surface area (Å²) < 4.78 is 0.976. The van der Waals surface area contributed by atoms with Crippen LogP contribution in [0.3, 0.4) is 0 Å². The summed E-state index contributed by atoms with van der Waals surface area (Å²) in [5, 5.41) is 2.87. The zero-order valence-electron chi connectivity index (χ0n) is 9.09. The Morgan fingerprint density at radius 2 is 2.20 bits per heavy atom. The summed E-state index contributed by atoms with van der Waals surface area (Å²) >= 11 is 3.36. The number of halogens is 1. The Kier molecular flexibility index (Phi) is 4.82. The lowest BCUT2D eigenvalue weighted by Gasteiger charge is -2.06. The molecule has 3 heteroatoms. The number of benzene rings is 1. The molecule has 0 atom stereocenters. The maximum atomic E-state index is 11.5. The van der Waals surface area contributed by atoms with Gasteiger partial charge in [0.05, 0.1) is 0 Å². The van der Waals surface area contributed by atoms with Crippen molar-refractivity contribution in [3.63, 3.8) is 0 Å². The molecule has 0 saturated carbocycles. The third-order valence-corrected chi connectivity index (χ3v) is 2.55. The first kappa shape index (κ1) is 12.2. The van der Waals surface area contributed by atoms with E-state index in [9.17, 15) is 4.79 Å². The predicted molar refractivity (Wildman–Crippen MR) is 66.8 cm³/mol. The Morgan fingerprint density at radius 1 is 1.47 bits per heavy atom. The van der Waals surface area contributed by atoms with Crippen molar-refractivity contribution >= 4 is 27.5 Å². The van der Waals surface area contributed by atoms with Crippen LogP contribution in [0.15, 0.2) is 28.7 Å². The second kappa shape index (κ2) is 5.91. The van der Waals surface area contributed by atoms with Crippen LogP contribution in [0.2, 0.25) is 0 Å². The van der Waals surface area contributed by atoms with E-state index in [-0.39, 0.29) is 5.91 Å². The number of nitrogens with one attached hydrogen (secondary N) is 1. The molecule has 0 aromatic heterocycles. The van der Waals surface area contributed by atoms with Crippen molar-refractivity contribution in [3.8, 4) is 0 Å². The van der Waals surface area contributed by atoms with Gasteiger partial charge in [-0.05, 0) is 30.5 Å². The van der Waals surface area contributed by atoms with Gasteiger partial charge in [0.25, 0.3) is 0 Å². The molecule has 1 rings (SSSR count). The van der Waals surface area contributed by atoms with Crippen LogP contribution in [0.4, 0.5) is 5.69 Å². The third-order valence-electron chi connectivity index (χ3n) is 2.06. The van der Waals surface area contributed by atoms with Crippen molar-refractivity contribution in [2.24, 2.45) is 5.92 Å². The minimum atomic E-state index is 0.0850. The highest BCUT2D eigenvalue weighted by atomic mass is 79.9. The van der Waals surface area contributed by atoms with Crippen LogP contribution in [0, 0.1) is 5.92 Å². The molecule has 0 aliphatic rings. The lowest BCUT2D eigenvalue weighted by atomic mass is 10.1. The van der Waals surface area contributed by atoms with Gasteiger partial charge in [-0.25, -0.2) is 0 Å². The van der Waals surface area contributed by atoms with Crippen molar-refractivity contribution in [3.05, 3.63) is 28.7 Å². The second-order valence-electron chi connectivity index (χ2n) is 3.99. The largest absolute Gasteiger partial charge is 0.326 e.